The van der Waals surface area contributed by atoms with Gasteiger partial charge in [-0.25, -0.2) is 0 Å². The summed E-state index contributed by atoms with van der Waals surface area (Å²) in [7, 11) is 0. The van der Waals surface area contributed by atoms with Crippen molar-refractivity contribution < 1.29 is 4.42 Å². The van der Waals surface area contributed by atoms with Gasteiger partial charge in [-0.05, 0) is 48.0 Å². The molecule has 0 aliphatic carbocycles. The molecule has 0 aliphatic heterocycles. The standard InChI is InChI=1S/C30H20BrNO/c31-26-20-19-24(21-11-4-1-5-12-21)30-28(26)25-17-10-18-27(29(25)33-30)32(22-13-6-2-7-14-22)23-15-8-3-9-16-23/h1-20H. The maximum atomic E-state index is 6.70. The number of para-hydroxylation sites is 3. The van der Waals surface area contributed by atoms with Crippen LogP contribution in [0.15, 0.2) is 130 Å². The molecule has 158 valence electrons. The highest BCUT2D eigenvalue weighted by Gasteiger charge is 2.21. The van der Waals surface area contributed by atoms with Gasteiger partial charge in [0.1, 0.15) is 5.58 Å². The zero-order chi connectivity index (χ0) is 22.2. The molecule has 0 fully saturated rings. The van der Waals surface area contributed by atoms with E-state index in [0.717, 1.165) is 54.6 Å². The number of anilines is 3. The van der Waals surface area contributed by atoms with E-state index in [9.17, 15) is 0 Å². The van der Waals surface area contributed by atoms with Crippen LogP contribution in [0.2, 0.25) is 0 Å². The molecule has 0 saturated carbocycles. The molecule has 0 atom stereocenters. The van der Waals surface area contributed by atoms with Crippen LogP contribution in [0, 0.1) is 0 Å². The molecule has 5 aromatic carbocycles. The number of fused-ring (bicyclic) bond motifs is 3. The third-order valence-corrected chi connectivity index (χ3v) is 6.59. The average molecular weight is 490 g/mol. The van der Waals surface area contributed by atoms with E-state index in [-0.39, 0.29) is 0 Å². The van der Waals surface area contributed by atoms with Crippen LogP contribution >= 0.6 is 15.9 Å². The second-order valence-corrected chi connectivity index (χ2v) is 8.78. The third kappa shape index (κ3) is 3.42. The van der Waals surface area contributed by atoms with Crippen LogP contribution in [-0.2, 0) is 0 Å². The van der Waals surface area contributed by atoms with Gasteiger partial charge in [-0.1, -0.05) is 94.8 Å². The number of hydrogen-bond acceptors (Lipinski definition) is 2. The molecule has 0 N–H and O–H groups in total. The van der Waals surface area contributed by atoms with Gasteiger partial charge in [-0.2, -0.15) is 0 Å². The second kappa shape index (κ2) is 8.27. The minimum absolute atomic E-state index is 0.865. The first kappa shape index (κ1) is 19.8. The maximum absolute atomic E-state index is 6.70. The second-order valence-electron chi connectivity index (χ2n) is 7.93. The van der Waals surface area contributed by atoms with Gasteiger partial charge in [-0.3, -0.25) is 0 Å². The van der Waals surface area contributed by atoms with Crippen molar-refractivity contribution in [1.29, 1.82) is 0 Å². The fourth-order valence-corrected chi connectivity index (χ4v) is 4.97. The minimum Gasteiger partial charge on any atom is -0.453 e. The van der Waals surface area contributed by atoms with Crippen LogP contribution < -0.4 is 4.90 Å². The average Bonchev–Trinajstić information content (AvgIpc) is 3.28. The van der Waals surface area contributed by atoms with Crippen molar-refractivity contribution >= 4 is 54.9 Å². The summed E-state index contributed by atoms with van der Waals surface area (Å²) < 4.78 is 7.73. The largest absolute Gasteiger partial charge is 0.453 e. The summed E-state index contributed by atoms with van der Waals surface area (Å²) in [5.41, 5.74) is 7.15. The first-order valence-electron chi connectivity index (χ1n) is 10.9. The van der Waals surface area contributed by atoms with E-state index in [4.69, 9.17) is 4.42 Å². The Hall–Kier alpha value is -3.82. The fraction of sp³-hybridized carbons (Fsp3) is 0. The fourth-order valence-electron chi connectivity index (χ4n) is 4.45. The summed E-state index contributed by atoms with van der Waals surface area (Å²) in [6, 6.07) is 41.8. The lowest BCUT2D eigenvalue weighted by atomic mass is 10.0. The lowest BCUT2D eigenvalue weighted by Gasteiger charge is -2.25. The Morgan fingerprint density at radius 3 is 1.79 bits per heavy atom. The number of furan rings is 1. The molecule has 6 aromatic rings. The van der Waals surface area contributed by atoms with Gasteiger partial charge >= 0.3 is 0 Å². The van der Waals surface area contributed by atoms with E-state index in [1.807, 2.05) is 18.2 Å². The van der Waals surface area contributed by atoms with Gasteiger partial charge in [0.05, 0.1) is 5.69 Å². The van der Waals surface area contributed by atoms with E-state index in [0.29, 0.717) is 0 Å². The summed E-state index contributed by atoms with van der Waals surface area (Å²) >= 11 is 3.78. The summed E-state index contributed by atoms with van der Waals surface area (Å²) in [4.78, 5) is 2.25. The van der Waals surface area contributed by atoms with Gasteiger partial charge in [-0.15, -0.1) is 0 Å². The smallest absolute Gasteiger partial charge is 0.159 e. The molecule has 0 spiro atoms. The molecule has 0 aliphatic rings. The monoisotopic (exact) mass is 489 g/mol. The molecule has 0 radical (unpaired) electrons. The van der Waals surface area contributed by atoms with Gasteiger partial charge in [0.25, 0.3) is 0 Å². The molecule has 3 heteroatoms. The van der Waals surface area contributed by atoms with Crippen molar-refractivity contribution in [3.05, 3.63) is 126 Å². The van der Waals surface area contributed by atoms with Crippen molar-refractivity contribution in [2.75, 3.05) is 4.90 Å². The zero-order valence-corrected chi connectivity index (χ0v) is 19.4. The summed E-state index contributed by atoms with van der Waals surface area (Å²) in [5.74, 6) is 0. The van der Waals surface area contributed by atoms with Crippen LogP contribution in [0.3, 0.4) is 0 Å². The van der Waals surface area contributed by atoms with Gasteiger partial charge in [0.15, 0.2) is 5.58 Å². The lowest BCUT2D eigenvalue weighted by Crippen LogP contribution is -2.09. The quantitative estimate of drug-likeness (QED) is 0.245. The first-order chi connectivity index (χ1) is 16.3. The van der Waals surface area contributed by atoms with Crippen LogP contribution in [0.5, 0.6) is 0 Å². The molecule has 33 heavy (non-hydrogen) atoms. The highest BCUT2D eigenvalue weighted by molar-refractivity contribution is 9.10. The lowest BCUT2D eigenvalue weighted by molar-refractivity contribution is 0.670. The highest BCUT2D eigenvalue weighted by atomic mass is 79.9. The van der Waals surface area contributed by atoms with Gasteiger partial charge in [0, 0.05) is 32.2 Å². The van der Waals surface area contributed by atoms with Crippen LogP contribution in [0.4, 0.5) is 17.1 Å². The predicted molar refractivity (Wildman–Crippen MR) is 142 cm³/mol. The van der Waals surface area contributed by atoms with Crippen molar-refractivity contribution in [3.63, 3.8) is 0 Å². The number of halogens is 1. The van der Waals surface area contributed by atoms with Gasteiger partial charge in [0.2, 0.25) is 0 Å². The molecule has 0 bridgehead atoms. The Kier molecular flexibility index (Phi) is 4.97. The summed E-state index contributed by atoms with van der Waals surface area (Å²) in [5, 5.41) is 2.18. The van der Waals surface area contributed by atoms with Gasteiger partial charge < -0.3 is 9.32 Å². The molecule has 6 rings (SSSR count). The van der Waals surface area contributed by atoms with Crippen LogP contribution in [0.1, 0.15) is 0 Å². The number of rotatable bonds is 4. The van der Waals surface area contributed by atoms with Crippen molar-refractivity contribution in [1.82, 2.24) is 0 Å². The summed E-state index contributed by atoms with van der Waals surface area (Å²) in [6.07, 6.45) is 0. The number of nitrogens with zero attached hydrogens (tertiary/aromatic N) is 1. The van der Waals surface area contributed by atoms with E-state index in [2.05, 4.69) is 124 Å². The third-order valence-electron chi connectivity index (χ3n) is 5.93. The highest BCUT2D eigenvalue weighted by Crippen LogP contribution is 2.45. The maximum Gasteiger partial charge on any atom is 0.159 e. The van der Waals surface area contributed by atoms with E-state index >= 15 is 0 Å². The molecular formula is C30H20BrNO. The number of hydrogen-bond donors (Lipinski definition) is 0. The van der Waals surface area contributed by atoms with E-state index < -0.39 is 0 Å². The Morgan fingerprint density at radius 1 is 0.545 bits per heavy atom. The molecular weight excluding hydrogens is 470 g/mol. The summed E-state index contributed by atoms with van der Waals surface area (Å²) in [6.45, 7) is 0. The van der Waals surface area contributed by atoms with Crippen LogP contribution in [0.25, 0.3) is 33.1 Å². The number of benzene rings is 5. The Labute approximate surface area is 200 Å². The Morgan fingerprint density at radius 2 is 1.15 bits per heavy atom. The minimum atomic E-state index is 0.865. The Balaban J connectivity index is 1.67. The molecule has 2 nitrogen and oxygen atoms in total. The molecule has 1 aromatic heterocycles. The molecule has 0 unspecified atom stereocenters. The normalized spacial score (nSPS) is 11.2. The van der Waals surface area contributed by atoms with E-state index in [1.54, 1.807) is 0 Å². The Bertz CT molecular complexity index is 1520. The van der Waals surface area contributed by atoms with Crippen molar-refractivity contribution in [2.24, 2.45) is 0 Å². The van der Waals surface area contributed by atoms with Crippen molar-refractivity contribution in [3.8, 4) is 11.1 Å². The van der Waals surface area contributed by atoms with Crippen LogP contribution in [-0.4, -0.2) is 0 Å². The van der Waals surface area contributed by atoms with Crippen molar-refractivity contribution in [2.45, 2.75) is 0 Å². The zero-order valence-electron chi connectivity index (χ0n) is 17.8. The molecule has 1 heterocycles. The SMILES string of the molecule is Brc1ccc(-c2ccccc2)c2oc3c(N(c4ccccc4)c4ccccc4)cccc3c12. The first-order valence-corrected chi connectivity index (χ1v) is 11.7. The molecule has 0 amide bonds. The topological polar surface area (TPSA) is 16.4 Å². The predicted octanol–water partition coefficient (Wildman–Crippen LogP) is 9.49. The van der Waals surface area contributed by atoms with E-state index in [1.165, 1.54) is 0 Å². The molecule has 0 saturated heterocycles.